The predicted octanol–water partition coefficient (Wildman–Crippen LogP) is 3.58. The van der Waals surface area contributed by atoms with Gasteiger partial charge in [0.15, 0.2) is 0 Å². The summed E-state index contributed by atoms with van der Waals surface area (Å²) in [7, 11) is 1.90. The average molecular weight is 300 g/mol. The van der Waals surface area contributed by atoms with Gasteiger partial charge in [-0.2, -0.15) is 0 Å². The van der Waals surface area contributed by atoms with E-state index in [1.807, 2.05) is 7.05 Å². The molecule has 0 N–H and O–H groups in total. The molecule has 20 heavy (non-hydrogen) atoms. The van der Waals surface area contributed by atoms with Crippen molar-refractivity contribution in [2.45, 2.75) is 64.5 Å². The van der Waals surface area contributed by atoms with Gasteiger partial charge < -0.3 is 9.31 Å². The van der Waals surface area contributed by atoms with Gasteiger partial charge in [-0.3, -0.25) is 0 Å². The molecular formula is C15H27BClNO2. The molecule has 1 saturated heterocycles. The maximum absolute atomic E-state index is 6.38. The highest BCUT2D eigenvalue weighted by molar-refractivity contribution is 6.45. The van der Waals surface area contributed by atoms with E-state index in [-0.39, 0.29) is 12.7 Å². The van der Waals surface area contributed by atoms with E-state index in [4.69, 9.17) is 21.1 Å². The largest absolute Gasteiger partial charge is 0.457 e. The van der Waals surface area contributed by atoms with Crippen LogP contribution in [0.5, 0.6) is 0 Å². The van der Waals surface area contributed by atoms with E-state index in [0.29, 0.717) is 17.4 Å². The Morgan fingerprint density at radius 1 is 1.25 bits per heavy atom. The molecule has 0 spiro atoms. The van der Waals surface area contributed by atoms with Crippen LogP contribution in [0.4, 0.5) is 0 Å². The van der Waals surface area contributed by atoms with Crippen molar-refractivity contribution in [3.8, 4) is 0 Å². The SMILES string of the molecule is CN(Cl)CCCCB1OC2C[C@@H]3CC(C2(C)O1)C3(C)C. The molecule has 1 aliphatic heterocycles. The summed E-state index contributed by atoms with van der Waals surface area (Å²) in [4.78, 5) is 0. The van der Waals surface area contributed by atoms with E-state index < -0.39 is 0 Å². The maximum atomic E-state index is 6.38. The highest BCUT2D eigenvalue weighted by Gasteiger charge is 2.67. The summed E-state index contributed by atoms with van der Waals surface area (Å²) in [6.07, 6.45) is 6.03. The molecule has 3 saturated carbocycles. The molecule has 0 aromatic rings. The summed E-state index contributed by atoms with van der Waals surface area (Å²) in [6.45, 7) is 8.01. The first kappa shape index (κ1) is 15.1. The molecule has 0 radical (unpaired) electrons. The van der Waals surface area contributed by atoms with E-state index in [9.17, 15) is 0 Å². The second-order valence-corrected chi connectivity index (χ2v) is 8.30. The van der Waals surface area contributed by atoms with Crippen LogP contribution in [0.1, 0.15) is 46.5 Å². The van der Waals surface area contributed by atoms with Crippen molar-refractivity contribution >= 4 is 18.9 Å². The quantitative estimate of drug-likeness (QED) is 0.440. The number of rotatable bonds is 5. The molecule has 3 unspecified atom stereocenters. The molecule has 0 aromatic carbocycles. The Hall–Kier alpha value is 0.235. The molecule has 1 heterocycles. The summed E-state index contributed by atoms with van der Waals surface area (Å²) >= 11 is 5.82. The lowest BCUT2D eigenvalue weighted by Gasteiger charge is -2.64. The van der Waals surface area contributed by atoms with Crippen LogP contribution in [0.15, 0.2) is 0 Å². The van der Waals surface area contributed by atoms with Gasteiger partial charge >= 0.3 is 7.12 Å². The maximum Gasteiger partial charge on any atom is 0.457 e. The third kappa shape index (κ3) is 2.33. The van der Waals surface area contributed by atoms with Gasteiger partial charge in [-0.25, -0.2) is 4.42 Å². The summed E-state index contributed by atoms with van der Waals surface area (Å²) in [5.74, 6) is 1.50. The molecule has 3 aliphatic carbocycles. The summed E-state index contributed by atoms with van der Waals surface area (Å²) in [5, 5.41) is 0. The van der Waals surface area contributed by atoms with Crippen LogP contribution in [0.3, 0.4) is 0 Å². The minimum atomic E-state index is -0.0494. The van der Waals surface area contributed by atoms with Crippen LogP contribution in [0.25, 0.3) is 0 Å². The predicted molar refractivity (Wildman–Crippen MR) is 82.6 cm³/mol. The van der Waals surface area contributed by atoms with Gasteiger partial charge in [0.2, 0.25) is 0 Å². The molecule has 4 rings (SSSR count). The Balaban J connectivity index is 1.54. The second kappa shape index (κ2) is 5.15. The topological polar surface area (TPSA) is 21.7 Å². The van der Waals surface area contributed by atoms with Gasteiger partial charge in [0.25, 0.3) is 0 Å². The molecule has 2 bridgehead atoms. The number of hydrogen-bond acceptors (Lipinski definition) is 3. The van der Waals surface area contributed by atoms with Crippen LogP contribution < -0.4 is 0 Å². The fourth-order valence-electron chi connectivity index (χ4n) is 4.72. The summed E-state index contributed by atoms with van der Waals surface area (Å²) < 4.78 is 14.3. The van der Waals surface area contributed by atoms with Crippen LogP contribution in [0, 0.1) is 17.3 Å². The molecule has 4 aliphatic rings. The van der Waals surface area contributed by atoms with E-state index >= 15 is 0 Å². The lowest BCUT2D eigenvalue weighted by Crippen LogP contribution is -2.65. The monoisotopic (exact) mass is 299 g/mol. The van der Waals surface area contributed by atoms with Crippen LogP contribution in [0.2, 0.25) is 6.32 Å². The Bertz CT molecular complexity index is 379. The van der Waals surface area contributed by atoms with E-state index in [0.717, 1.165) is 31.6 Å². The van der Waals surface area contributed by atoms with Gasteiger partial charge in [0.1, 0.15) is 0 Å². The number of nitrogens with zero attached hydrogens (tertiary/aromatic N) is 1. The van der Waals surface area contributed by atoms with Crippen LogP contribution in [-0.2, 0) is 9.31 Å². The van der Waals surface area contributed by atoms with Crippen molar-refractivity contribution in [2.24, 2.45) is 17.3 Å². The number of unbranched alkanes of at least 4 members (excludes halogenated alkanes) is 1. The normalized spacial score (nSPS) is 41.7. The zero-order chi connectivity index (χ0) is 14.5. The minimum Gasteiger partial charge on any atom is -0.405 e. The lowest BCUT2D eigenvalue weighted by molar-refractivity contribution is -0.199. The van der Waals surface area contributed by atoms with Crippen LogP contribution in [-0.4, -0.2) is 36.8 Å². The Labute approximate surface area is 128 Å². The first-order valence-corrected chi connectivity index (χ1v) is 8.38. The molecule has 4 atom stereocenters. The third-order valence-electron chi connectivity index (χ3n) is 6.16. The molecule has 0 aromatic heterocycles. The zero-order valence-electron chi connectivity index (χ0n) is 13.2. The smallest absolute Gasteiger partial charge is 0.405 e. The first-order valence-electron chi connectivity index (χ1n) is 8.04. The van der Waals surface area contributed by atoms with Gasteiger partial charge in [0.05, 0.1) is 11.7 Å². The molecule has 3 nitrogen and oxygen atoms in total. The molecule has 114 valence electrons. The minimum absolute atomic E-state index is 0.000724. The highest BCUT2D eigenvalue weighted by Crippen LogP contribution is 2.65. The van der Waals surface area contributed by atoms with Crippen molar-refractivity contribution < 1.29 is 9.31 Å². The van der Waals surface area contributed by atoms with Crippen molar-refractivity contribution in [3.05, 3.63) is 0 Å². The van der Waals surface area contributed by atoms with Crippen molar-refractivity contribution in [3.63, 3.8) is 0 Å². The van der Waals surface area contributed by atoms with E-state index in [1.165, 1.54) is 12.8 Å². The number of hydrogen-bond donors (Lipinski definition) is 0. The van der Waals surface area contributed by atoms with Gasteiger partial charge in [-0.1, -0.05) is 20.3 Å². The van der Waals surface area contributed by atoms with E-state index in [2.05, 4.69) is 20.8 Å². The summed E-state index contributed by atoms with van der Waals surface area (Å²) in [6, 6.07) is 0. The van der Waals surface area contributed by atoms with Crippen LogP contribution >= 0.6 is 11.8 Å². The summed E-state index contributed by atoms with van der Waals surface area (Å²) in [5.41, 5.74) is 0.386. The van der Waals surface area contributed by atoms with Crippen molar-refractivity contribution in [1.29, 1.82) is 0 Å². The molecular weight excluding hydrogens is 272 g/mol. The lowest BCUT2D eigenvalue weighted by atomic mass is 9.43. The molecule has 0 amide bonds. The van der Waals surface area contributed by atoms with Crippen molar-refractivity contribution in [1.82, 2.24) is 4.42 Å². The molecule has 4 fully saturated rings. The zero-order valence-corrected chi connectivity index (χ0v) is 13.9. The average Bonchev–Trinajstić information content (AvgIpc) is 2.69. The van der Waals surface area contributed by atoms with Gasteiger partial charge in [-0.15, -0.1) is 0 Å². The first-order chi connectivity index (χ1) is 9.34. The molecule has 5 heteroatoms. The standard InChI is InChI=1S/C15H27BClNO2/c1-14(2)11-9-12(14)15(3)13(10-11)19-16(20-15)7-5-6-8-18(4)17/h11-13H,5-10H2,1-4H3/t11-,12?,13?,15?/m0/s1. The Kier molecular flexibility index (Phi) is 3.90. The third-order valence-corrected chi connectivity index (χ3v) is 6.33. The highest BCUT2D eigenvalue weighted by atomic mass is 35.5. The fraction of sp³-hybridized carbons (Fsp3) is 1.00. The Morgan fingerprint density at radius 2 is 2.00 bits per heavy atom. The van der Waals surface area contributed by atoms with E-state index in [1.54, 1.807) is 4.42 Å². The Morgan fingerprint density at radius 3 is 2.65 bits per heavy atom. The van der Waals surface area contributed by atoms with Gasteiger partial charge in [-0.05, 0) is 61.5 Å². The van der Waals surface area contributed by atoms with Gasteiger partial charge in [0, 0.05) is 13.6 Å². The van der Waals surface area contributed by atoms with Crippen molar-refractivity contribution in [2.75, 3.05) is 13.6 Å². The second-order valence-electron chi connectivity index (χ2n) is 7.72. The number of halogens is 1. The fourth-order valence-corrected chi connectivity index (χ4v) is 4.84.